The number of ether oxygens (including phenoxy) is 1. The third-order valence-electron chi connectivity index (χ3n) is 5.37. The first kappa shape index (κ1) is 22.2. The molecule has 2 aromatic heterocycles. The van der Waals surface area contributed by atoms with E-state index in [-0.39, 0.29) is 4.90 Å². The van der Waals surface area contributed by atoms with Gasteiger partial charge in [0.2, 0.25) is 10.0 Å². The highest BCUT2D eigenvalue weighted by atomic mass is 32.2. The van der Waals surface area contributed by atoms with E-state index in [1.807, 2.05) is 24.3 Å². The minimum absolute atomic E-state index is 0.275. The molecule has 0 bridgehead atoms. The Kier molecular flexibility index (Phi) is 6.69. The van der Waals surface area contributed by atoms with E-state index in [4.69, 9.17) is 15.5 Å². The Balaban J connectivity index is 1.53. The normalized spacial score (nSPS) is 12.0. The van der Waals surface area contributed by atoms with Crippen molar-refractivity contribution in [1.82, 2.24) is 19.3 Å². The van der Waals surface area contributed by atoms with E-state index in [2.05, 4.69) is 14.3 Å². The van der Waals surface area contributed by atoms with Crippen LogP contribution < -0.4 is 10.5 Å². The van der Waals surface area contributed by atoms with Gasteiger partial charge < -0.3 is 15.0 Å². The molecule has 0 spiro atoms. The largest absolute Gasteiger partial charge is 0.384 e. The molecule has 9 heteroatoms. The van der Waals surface area contributed by atoms with Crippen LogP contribution in [0.1, 0.15) is 18.7 Å². The quantitative estimate of drug-likeness (QED) is 0.357. The molecule has 8 nitrogen and oxygen atoms in total. The Labute approximate surface area is 187 Å². The molecular formula is C23H27N5O3S. The van der Waals surface area contributed by atoms with Gasteiger partial charge in [0, 0.05) is 32.0 Å². The number of nitrogens with one attached hydrogen (secondary N) is 1. The van der Waals surface area contributed by atoms with E-state index in [0.29, 0.717) is 43.9 Å². The number of para-hydroxylation sites is 1. The fraction of sp³-hybridized carbons (Fsp3) is 0.304. The molecular weight excluding hydrogens is 426 g/mol. The lowest BCUT2D eigenvalue weighted by Crippen LogP contribution is -2.25. The summed E-state index contributed by atoms with van der Waals surface area (Å²) in [6.45, 7) is 1.60. The number of methoxy groups -OCH3 is 1. The van der Waals surface area contributed by atoms with Gasteiger partial charge in [0.15, 0.2) is 5.82 Å². The second-order valence-electron chi connectivity index (χ2n) is 7.55. The number of benzene rings is 2. The first-order chi connectivity index (χ1) is 15.5. The average molecular weight is 454 g/mol. The summed E-state index contributed by atoms with van der Waals surface area (Å²) in [5, 5.41) is 0.998. The molecule has 0 aliphatic rings. The number of imidazole rings is 1. The lowest BCUT2D eigenvalue weighted by Gasteiger charge is -2.11. The summed E-state index contributed by atoms with van der Waals surface area (Å²) in [6.07, 6.45) is 2.12. The zero-order chi connectivity index (χ0) is 22.6. The lowest BCUT2D eigenvalue weighted by atomic mass is 10.2. The van der Waals surface area contributed by atoms with Crippen LogP contribution in [-0.2, 0) is 27.7 Å². The maximum absolute atomic E-state index is 12.4. The van der Waals surface area contributed by atoms with Crippen LogP contribution in [0.25, 0.3) is 21.9 Å². The molecule has 0 atom stereocenters. The first-order valence-corrected chi connectivity index (χ1v) is 12.1. The van der Waals surface area contributed by atoms with Crippen LogP contribution in [0.15, 0.2) is 59.5 Å². The second kappa shape index (κ2) is 9.64. The molecule has 0 saturated carbocycles. The zero-order valence-electron chi connectivity index (χ0n) is 18.0. The van der Waals surface area contributed by atoms with Gasteiger partial charge in [-0.3, -0.25) is 0 Å². The number of nitrogen functional groups attached to an aromatic ring is 1. The van der Waals surface area contributed by atoms with Crippen LogP contribution in [-0.4, -0.2) is 43.2 Å². The van der Waals surface area contributed by atoms with E-state index in [9.17, 15) is 8.42 Å². The Hall–Kier alpha value is -3.01. The van der Waals surface area contributed by atoms with Crippen molar-refractivity contribution in [3.63, 3.8) is 0 Å². The fourth-order valence-corrected chi connectivity index (χ4v) is 4.91. The van der Waals surface area contributed by atoms with Crippen LogP contribution in [0, 0.1) is 0 Å². The van der Waals surface area contributed by atoms with E-state index in [1.165, 1.54) is 0 Å². The number of nitrogens with two attached hydrogens (primary N) is 1. The molecule has 0 aliphatic heterocycles. The number of nitrogens with zero attached hydrogens (tertiary/aromatic N) is 3. The van der Waals surface area contributed by atoms with Crippen LogP contribution in [0.5, 0.6) is 0 Å². The van der Waals surface area contributed by atoms with Gasteiger partial charge in [-0.25, -0.2) is 23.1 Å². The first-order valence-electron chi connectivity index (χ1n) is 10.6. The van der Waals surface area contributed by atoms with Gasteiger partial charge in [-0.15, -0.1) is 0 Å². The van der Waals surface area contributed by atoms with Crippen LogP contribution in [0.2, 0.25) is 0 Å². The molecule has 0 fully saturated rings. The molecule has 4 aromatic rings. The van der Waals surface area contributed by atoms with Gasteiger partial charge >= 0.3 is 0 Å². The smallest absolute Gasteiger partial charge is 0.240 e. The predicted octanol–water partition coefficient (Wildman–Crippen LogP) is 3.11. The number of aromatic nitrogens is 3. The summed E-state index contributed by atoms with van der Waals surface area (Å²) in [5.41, 5.74) is 8.70. The molecule has 32 heavy (non-hydrogen) atoms. The molecule has 0 aliphatic carbocycles. The summed E-state index contributed by atoms with van der Waals surface area (Å²) < 4.78 is 34.9. The summed E-state index contributed by atoms with van der Waals surface area (Å²) in [7, 11) is -1.83. The maximum atomic E-state index is 12.4. The van der Waals surface area contributed by atoms with E-state index in [1.54, 1.807) is 37.4 Å². The van der Waals surface area contributed by atoms with Gasteiger partial charge in [0.1, 0.15) is 11.3 Å². The number of anilines is 1. The monoisotopic (exact) mass is 453 g/mol. The summed E-state index contributed by atoms with van der Waals surface area (Å²) in [6, 6.07) is 16.3. The number of fused-ring (bicyclic) bond motifs is 3. The fourth-order valence-electron chi connectivity index (χ4n) is 3.81. The number of aryl methyl sites for hydroxylation is 1. The lowest BCUT2D eigenvalue weighted by molar-refractivity contribution is 0.199. The topological polar surface area (TPSA) is 112 Å². The average Bonchev–Trinajstić information content (AvgIpc) is 3.17. The zero-order valence-corrected chi connectivity index (χ0v) is 18.8. The van der Waals surface area contributed by atoms with E-state index < -0.39 is 10.0 Å². The standard InChI is InChI=1S/C23H27N5O3S/c1-31-16-13-20-27-21-22(18-11-5-6-12-19(18)26-23(21)24)28(20)15-8-7-14-25-32(29,30)17-9-3-2-4-10-17/h2-6,9-12,25H,7-8,13-16H2,1H3,(H2,24,26). The summed E-state index contributed by atoms with van der Waals surface area (Å²) in [5.74, 6) is 1.29. The number of pyridine rings is 1. The van der Waals surface area contributed by atoms with Crippen LogP contribution >= 0.6 is 0 Å². The molecule has 0 saturated heterocycles. The number of rotatable bonds is 10. The van der Waals surface area contributed by atoms with E-state index in [0.717, 1.165) is 28.7 Å². The van der Waals surface area contributed by atoms with Crippen LogP contribution in [0.4, 0.5) is 5.82 Å². The highest BCUT2D eigenvalue weighted by molar-refractivity contribution is 7.89. The highest BCUT2D eigenvalue weighted by Crippen LogP contribution is 2.29. The van der Waals surface area contributed by atoms with Crippen molar-refractivity contribution < 1.29 is 13.2 Å². The van der Waals surface area contributed by atoms with Gasteiger partial charge in [-0.1, -0.05) is 36.4 Å². The van der Waals surface area contributed by atoms with Crippen molar-refractivity contribution in [3.05, 3.63) is 60.4 Å². The molecule has 0 radical (unpaired) electrons. The third kappa shape index (κ3) is 4.59. The van der Waals surface area contributed by atoms with Gasteiger partial charge in [-0.05, 0) is 31.0 Å². The number of hydrogen-bond donors (Lipinski definition) is 2. The predicted molar refractivity (Wildman–Crippen MR) is 126 cm³/mol. The number of sulfonamides is 1. The maximum Gasteiger partial charge on any atom is 0.240 e. The SMILES string of the molecule is COCCc1nc2c(N)nc3ccccc3c2n1CCCCNS(=O)(=O)c1ccccc1. The van der Waals surface area contributed by atoms with Gasteiger partial charge in [0.05, 0.1) is 22.5 Å². The number of unbranched alkanes of at least 4 members (excludes halogenated alkanes) is 1. The molecule has 0 unspecified atom stereocenters. The Morgan fingerprint density at radius 1 is 1.03 bits per heavy atom. The van der Waals surface area contributed by atoms with Crippen molar-refractivity contribution in [2.45, 2.75) is 30.7 Å². The molecule has 0 amide bonds. The van der Waals surface area contributed by atoms with Crippen molar-refractivity contribution in [2.24, 2.45) is 0 Å². The minimum Gasteiger partial charge on any atom is -0.384 e. The molecule has 4 rings (SSSR count). The molecule has 2 aromatic carbocycles. The Morgan fingerprint density at radius 3 is 2.56 bits per heavy atom. The summed E-state index contributed by atoms with van der Waals surface area (Å²) in [4.78, 5) is 9.53. The van der Waals surface area contributed by atoms with Crippen LogP contribution in [0.3, 0.4) is 0 Å². The minimum atomic E-state index is -3.49. The molecule has 2 heterocycles. The van der Waals surface area contributed by atoms with E-state index >= 15 is 0 Å². The second-order valence-corrected chi connectivity index (χ2v) is 9.32. The van der Waals surface area contributed by atoms with Crippen molar-refractivity contribution >= 4 is 37.8 Å². The Morgan fingerprint density at radius 2 is 1.78 bits per heavy atom. The van der Waals surface area contributed by atoms with Crippen molar-refractivity contribution in [2.75, 3.05) is 26.0 Å². The molecule has 3 N–H and O–H groups in total. The highest BCUT2D eigenvalue weighted by Gasteiger charge is 2.17. The van der Waals surface area contributed by atoms with Gasteiger partial charge in [0.25, 0.3) is 0 Å². The summed E-state index contributed by atoms with van der Waals surface area (Å²) >= 11 is 0. The van der Waals surface area contributed by atoms with Crippen molar-refractivity contribution in [3.8, 4) is 0 Å². The third-order valence-corrected chi connectivity index (χ3v) is 6.85. The number of hydrogen-bond acceptors (Lipinski definition) is 6. The molecule has 168 valence electrons. The Bertz CT molecular complexity index is 1320. The van der Waals surface area contributed by atoms with Crippen molar-refractivity contribution in [1.29, 1.82) is 0 Å². The van der Waals surface area contributed by atoms with Gasteiger partial charge in [-0.2, -0.15) is 0 Å².